The van der Waals surface area contributed by atoms with Gasteiger partial charge in [0.25, 0.3) is 5.91 Å². The largest absolute Gasteiger partial charge is 0.493 e. The van der Waals surface area contributed by atoms with Crippen molar-refractivity contribution < 1.29 is 9.53 Å². The normalized spacial score (nSPS) is 15.7. The maximum absolute atomic E-state index is 12.9. The monoisotopic (exact) mass is 362 g/mol. The molecular weight excluding hydrogens is 340 g/mol. The highest BCUT2D eigenvalue weighted by Gasteiger charge is 2.25. The summed E-state index contributed by atoms with van der Waals surface area (Å²) < 4.78 is 5.84. The fraction of sp³-hybridized carbons (Fsp3) is 0.286. The number of aromatic amines is 1. The van der Waals surface area contributed by atoms with Crippen LogP contribution in [0.25, 0.3) is 0 Å². The summed E-state index contributed by atoms with van der Waals surface area (Å²) in [7, 11) is 0. The average Bonchev–Trinajstić information content (AvgIpc) is 3.22. The number of anilines is 1. The summed E-state index contributed by atoms with van der Waals surface area (Å²) in [5.74, 6) is 1.12. The number of amides is 1. The average molecular weight is 362 g/mol. The van der Waals surface area contributed by atoms with E-state index in [2.05, 4.69) is 21.0 Å². The lowest BCUT2D eigenvalue weighted by atomic mass is 9.89. The number of benzene rings is 1. The smallest absolute Gasteiger partial charge is 0.276 e. The zero-order chi connectivity index (χ0) is 18.6. The molecule has 1 aliphatic rings. The molecule has 0 fully saturated rings. The van der Waals surface area contributed by atoms with E-state index < -0.39 is 0 Å². The van der Waals surface area contributed by atoms with Crippen LogP contribution in [-0.4, -0.2) is 34.0 Å². The van der Waals surface area contributed by atoms with Gasteiger partial charge in [0.2, 0.25) is 0 Å². The Morgan fingerprint density at radius 2 is 2.22 bits per heavy atom. The number of fused-ring (bicyclic) bond motifs is 1. The summed E-state index contributed by atoms with van der Waals surface area (Å²) in [6, 6.07) is 11.4. The third kappa shape index (κ3) is 3.56. The SMILES string of the molecule is CCN(C(=O)c1ccccn1)c1ccc2c(c1)C(Cc1c[nH]cn1)CCO2. The summed E-state index contributed by atoms with van der Waals surface area (Å²) in [5.41, 5.74) is 3.48. The van der Waals surface area contributed by atoms with E-state index in [-0.39, 0.29) is 5.91 Å². The van der Waals surface area contributed by atoms with Gasteiger partial charge in [-0.05, 0) is 61.6 Å². The first-order valence-corrected chi connectivity index (χ1v) is 9.23. The summed E-state index contributed by atoms with van der Waals surface area (Å²) >= 11 is 0. The molecule has 1 aliphatic heterocycles. The summed E-state index contributed by atoms with van der Waals surface area (Å²) in [4.78, 5) is 26.2. The lowest BCUT2D eigenvalue weighted by molar-refractivity contribution is 0.0983. The molecule has 0 bridgehead atoms. The highest BCUT2D eigenvalue weighted by atomic mass is 16.5. The van der Waals surface area contributed by atoms with Gasteiger partial charge in [0.1, 0.15) is 11.4 Å². The molecule has 0 spiro atoms. The van der Waals surface area contributed by atoms with E-state index in [9.17, 15) is 4.79 Å². The molecule has 0 aliphatic carbocycles. The number of rotatable bonds is 5. The second-order valence-electron chi connectivity index (χ2n) is 6.59. The molecule has 27 heavy (non-hydrogen) atoms. The minimum absolute atomic E-state index is 0.0985. The first-order valence-electron chi connectivity index (χ1n) is 9.23. The van der Waals surface area contributed by atoms with Crippen molar-refractivity contribution in [1.29, 1.82) is 0 Å². The maximum Gasteiger partial charge on any atom is 0.276 e. The van der Waals surface area contributed by atoms with Gasteiger partial charge in [-0.15, -0.1) is 0 Å². The van der Waals surface area contributed by atoms with Gasteiger partial charge < -0.3 is 14.6 Å². The van der Waals surface area contributed by atoms with Gasteiger partial charge in [-0.3, -0.25) is 9.78 Å². The predicted molar refractivity (Wildman–Crippen MR) is 103 cm³/mol. The van der Waals surface area contributed by atoms with Crippen molar-refractivity contribution >= 4 is 11.6 Å². The standard InChI is InChI=1S/C21H22N4O2/c1-2-25(21(26)19-5-3-4-9-23-19)17-6-7-20-18(12-17)15(8-10-27-20)11-16-13-22-14-24-16/h3-7,9,12-15H,2,8,10-11H2,1H3,(H,22,24). The van der Waals surface area contributed by atoms with Crippen LogP contribution in [0.5, 0.6) is 5.75 Å². The number of carbonyl (C=O) groups is 1. The van der Waals surface area contributed by atoms with Crippen LogP contribution < -0.4 is 9.64 Å². The summed E-state index contributed by atoms with van der Waals surface area (Å²) in [6.07, 6.45) is 7.06. The molecule has 6 heteroatoms. The molecule has 2 aromatic heterocycles. The fourth-order valence-electron chi connectivity index (χ4n) is 3.56. The van der Waals surface area contributed by atoms with Gasteiger partial charge in [0, 0.05) is 24.6 Å². The Labute approximate surface area is 158 Å². The van der Waals surface area contributed by atoms with Crippen LogP contribution in [0.4, 0.5) is 5.69 Å². The lowest BCUT2D eigenvalue weighted by Crippen LogP contribution is -2.31. The van der Waals surface area contributed by atoms with E-state index in [0.29, 0.717) is 24.8 Å². The molecule has 3 heterocycles. The number of hydrogen-bond donors (Lipinski definition) is 1. The molecule has 1 amide bonds. The zero-order valence-corrected chi connectivity index (χ0v) is 15.3. The minimum Gasteiger partial charge on any atom is -0.493 e. The molecule has 6 nitrogen and oxygen atoms in total. The molecule has 0 radical (unpaired) electrons. The van der Waals surface area contributed by atoms with E-state index in [4.69, 9.17) is 4.74 Å². The Morgan fingerprint density at radius 3 is 2.96 bits per heavy atom. The third-order valence-electron chi connectivity index (χ3n) is 4.92. The first-order chi connectivity index (χ1) is 13.3. The van der Waals surface area contributed by atoms with E-state index in [0.717, 1.165) is 35.5 Å². The Hall–Kier alpha value is -3.15. The second-order valence-corrected chi connectivity index (χ2v) is 6.59. The molecule has 1 N–H and O–H groups in total. The first kappa shape index (κ1) is 17.3. The van der Waals surface area contributed by atoms with Crippen molar-refractivity contribution in [2.24, 2.45) is 0 Å². The molecule has 0 saturated heterocycles. The molecule has 3 aromatic rings. The molecule has 4 rings (SSSR count). The molecular formula is C21H22N4O2. The van der Waals surface area contributed by atoms with E-state index in [1.165, 1.54) is 0 Å². The zero-order valence-electron chi connectivity index (χ0n) is 15.3. The molecule has 138 valence electrons. The Bertz CT molecular complexity index is 909. The van der Waals surface area contributed by atoms with Gasteiger partial charge in [0.05, 0.1) is 18.6 Å². The molecule has 0 saturated carbocycles. The van der Waals surface area contributed by atoms with Crippen molar-refractivity contribution in [3.63, 3.8) is 0 Å². The summed E-state index contributed by atoms with van der Waals surface area (Å²) in [5, 5.41) is 0. The van der Waals surface area contributed by atoms with Crippen molar-refractivity contribution in [3.05, 3.63) is 72.1 Å². The Balaban J connectivity index is 1.65. The van der Waals surface area contributed by atoms with E-state index in [1.807, 2.05) is 37.4 Å². The van der Waals surface area contributed by atoms with Gasteiger partial charge in [-0.25, -0.2) is 4.98 Å². The number of imidazole rings is 1. The van der Waals surface area contributed by atoms with Gasteiger partial charge in [0.15, 0.2) is 0 Å². The number of aromatic nitrogens is 3. The van der Waals surface area contributed by atoms with Crippen molar-refractivity contribution in [1.82, 2.24) is 15.0 Å². The fourth-order valence-corrected chi connectivity index (χ4v) is 3.56. The van der Waals surface area contributed by atoms with Gasteiger partial charge in [-0.1, -0.05) is 6.07 Å². The van der Waals surface area contributed by atoms with E-state index in [1.54, 1.807) is 23.5 Å². The van der Waals surface area contributed by atoms with Crippen molar-refractivity contribution in [3.8, 4) is 5.75 Å². The van der Waals surface area contributed by atoms with Gasteiger partial charge in [-0.2, -0.15) is 0 Å². The van der Waals surface area contributed by atoms with Crippen LogP contribution >= 0.6 is 0 Å². The maximum atomic E-state index is 12.9. The van der Waals surface area contributed by atoms with Crippen LogP contribution in [0.15, 0.2) is 55.1 Å². The van der Waals surface area contributed by atoms with Crippen LogP contribution in [0.1, 0.15) is 41.0 Å². The highest BCUT2D eigenvalue weighted by molar-refractivity contribution is 6.04. The van der Waals surface area contributed by atoms with Crippen molar-refractivity contribution in [2.45, 2.75) is 25.7 Å². The predicted octanol–water partition coefficient (Wildman–Crippen LogP) is 3.58. The summed E-state index contributed by atoms with van der Waals surface area (Å²) in [6.45, 7) is 3.24. The van der Waals surface area contributed by atoms with Crippen LogP contribution in [0.2, 0.25) is 0 Å². The van der Waals surface area contributed by atoms with Crippen LogP contribution in [0, 0.1) is 0 Å². The third-order valence-corrected chi connectivity index (χ3v) is 4.92. The number of hydrogen-bond acceptors (Lipinski definition) is 4. The molecule has 1 atom stereocenters. The lowest BCUT2D eigenvalue weighted by Gasteiger charge is -2.28. The van der Waals surface area contributed by atoms with Gasteiger partial charge >= 0.3 is 0 Å². The quantitative estimate of drug-likeness (QED) is 0.753. The number of nitrogens with zero attached hydrogens (tertiary/aromatic N) is 3. The number of H-pyrrole nitrogens is 1. The molecule has 1 unspecified atom stereocenters. The molecule has 1 aromatic carbocycles. The number of carbonyl (C=O) groups excluding carboxylic acids is 1. The van der Waals surface area contributed by atoms with Crippen molar-refractivity contribution in [2.75, 3.05) is 18.1 Å². The Morgan fingerprint density at radius 1 is 1.30 bits per heavy atom. The van der Waals surface area contributed by atoms with Crippen LogP contribution in [-0.2, 0) is 6.42 Å². The minimum atomic E-state index is -0.0985. The number of pyridine rings is 1. The topological polar surface area (TPSA) is 71.1 Å². The Kier molecular flexibility index (Phi) is 4.87. The number of ether oxygens (including phenoxy) is 1. The van der Waals surface area contributed by atoms with E-state index >= 15 is 0 Å². The highest BCUT2D eigenvalue weighted by Crippen LogP contribution is 2.38. The second kappa shape index (κ2) is 7.61. The number of nitrogens with one attached hydrogen (secondary N) is 1. The van der Waals surface area contributed by atoms with Crippen LogP contribution in [0.3, 0.4) is 0 Å².